The van der Waals surface area contributed by atoms with Crippen LogP contribution in [-0.4, -0.2) is 53.7 Å². The molecule has 3 unspecified atom stereocenters. The summed E-state index contributed by atoms with van der Waals surface area (Å²) < 4.78 is 16.0. The third kappa shape index (κ3) is 7.59. The molecule has 3 atom stereocenters. The largest absolute Gasteiger partial charge is 0.479 e. The Bertz CT molecular complexity index is 711. The minimum absolute atomic E-state index is 0.00919. The molecular weight excluding hydrogens is 384 g/mol. The van der Waals surface area contributed by atoms with Gasteiger partial charge in [0.1, 0.15) is 12.4 Å². The number of nitrogens with two attached hydrogens (primary N) is 1. The molecule has 1 fully saturated rings. The first-order valence-electron chi connectivity index (χ1n) is 9.33. The minimum Gasteiger partial charge on any atom is -0.479 e. The molecule has 1 aromatic carbocycles. The SMILES string of the molecule is NC(=O)OCc1cc(CCCCNC=O)ccc1OC1CC(O)CC(C(=O)O)O1. The number of carbonyl (C=O) groups excluding carboxylic acids is 2. The fourth-order valence-corrected chi connectivity index (χ4v) is 3.02. The maximum atomic E-state index is 11.2. The van der Waals surface area contributed by atoms with Crippen molar-refractivity contribution in [3.05, 3.63) is 29.3 Å². The highest BCUT2D eigenvalue weighted by molar-refractivity contribution is 5.72. The van der Waals surface area contributed by atoms with E-state index in [1.165, 1.54) is 0 Å². The normalized spacial score (nSPS) is 21.2. The third-order valence-electron chi connectivity index (χ3n) is 4.42. The van der Waals surface area contributed by atoms with Crippen LogP contribution in [0.5, 0.6) is 5.75 Å². The number of hydrogen-bond acceptors (Lipinski definition) is 7. The zero-order valence-corrected chi connectivity index (χ0v) is 15.9. The predicted octanol–water partition coefficient (Wildman–Crippen LogP) is 0.680. The van der Waals surface area contributed by atoms with Gasteiger partial charge in [0, 0.05) is 24.9 Å². The summed E-state index contributed by atoms with van der Waals surface area (Å²) in [5.74, 6) is -0.824. The summed E-state index contributed by atoms with van der Waals surface area (Å²) >= 11 is 0. The molecule has 0 saturated carbocycles. The Morgan fingerprint density at radius 1 is 1.31 bits per heavy atom. The molecule has 1 heterocycles. The smallest absolute Gasteiger partial charge is 0.404 e. The molecule has 1 aliphatic rings. The average molecular weight is 410 g/mol. The Morgan fingerprint density at radius 3 is 2.79 bits per heavy atom. The standard InChI is InChI=1S/C19H26N2O8/c20-19(26)27-10-13-7-12(3-1-2-6-21-11-22)4-5-15(13)28-17-9-14(23)8-16(29-17)18(24)25/h4-5,7,11,14,16-17,23H,1-3,6,8-10H2,(H2,20,26)(H,21,22)(H,24,25). The van der Waals surface area contributed by atoms with Gasteiger partial charge in [0.25, 0.3) is 0 Å². The summed E-state index contributed by atoms with van der Waals surface area (Å²) in [7, 11) is 0. The van der Waals surface area contributed by atoms with E-state index in [0.717, 1.165) is 24.8 Å². The predicted molar refractivity (Wildman–Crippen MR) is 100.0 cm³/mol. The molecule has 0 bridgehead atoms. The molecule has 10 nitrogen and oxygen atoms in total. The van der Waals surface area contributed by atoms with Gasteiger partial charge in [-0.2, -0.15) is 0 Å². The van der Waals surface area contributed by atoms with Gasteiger partial charge in [-0.25, -0.2) is 9.59 Å². The lowest BCUT2D eigenvalue weighted by Gasteiger charge is -2.31. The van der Waals surface area contributed by atoms with Crippen molar-refractivity contribution in [3.8, 4) is 5.75 Å². The van der Waals surface area contributed by atoms with E-state index in [1.54, 1.807) is 12.1 Å². The van der Waals surface area contributed by atoms with Crippen LogP contribution in [0.15, 0.2) is 18.2 Å². The quantitative estimate of drug-likeness (QED) is 0.306. The van der Waals surface area contributed by atoms with Gasteiger partial charge in [0.15, 0.2) is 6.10 Å². The van der Waals surface area contributed by atoms with Crippen LogP contribution in [0, 0.1) is 0 Å². The Hall–Kier alpha value is -2.85. The molecule has 1 aromatic rings. The fourth-order valence-electron chi connectivity index (χ4n) is 3.02. The zero-order chi connectivity index (χ0) is 21.2. The molecule has 160 valence electrons. The maximum Gasteiger partial charge on any atom is 0.404 e. The fraction of sp³-hybridized carbons (Fsp3) is 0.526. The van der Waals surface area contributed by atoms with Crippen LogP contribution >= 0.6 is 0 Å². The second-order valence-electron chi connectivity index (χ2n) is 6.71. The number of aryl methyl sites for hydroxylation is 1. The monoisotopic (exact) mass is 410 g/mol. The van der Waals surface area contributed by atoms with Crippen LogP contribution < -0.4 is 15.8 Å². The number of primary amides is 1. The van der Waals surface area contributed by atoms with Gasteiger partial charge in [0.2, 0.25) is 12.7 Å². The van der Waals surface area contributed by atoms with Crippen molar-refractivity contribution in [1.82, 2.24) is 5.32 Å². The van der Waals surface area contributed by atoms with Crippen molar-refractivity contribution in [2.24, 2.45) is 5.73 Å². The second kappa shape index (κ2) is 11.2. The number of amides is 2. The van der Waals surface area contributed by atoms with Crippen LogP contribution in [0.2, 0.25) is 0 Å². The summed E-state index contributed by atoms with van der Waals surface area (Å²) in [4.78, 5) is 32.4. The number of unbranched alkanes of at least 4 members (excludes halogenated alkanes) is 1. The molecule has 0 radical (unpaired) electrons. The van der Waals surface area contributed by atoms with Crippen molar-refractivity contribution in [3.63, 3.8) is 0 Å². The summed E-state index contributed by atoms with van der Waals surface area (Å²) in [6.45, 7) is 0.470. The first-order chi connectivity index (χ1) is 13.9. The highest BCUT2D eigenvalue weighted by Gasteiger charge is 2.34. The summed E-state index contributed by atoms with van der Waals surface area (Å²) in [6.07, 6.45) is -0.744. The number of carboxylic acids is 1. The lowest BCUT2D eigenvalue weighted by molar-refractivity contribution is -0.195. The number of aliphatic hydroxyl groups is 1. The molecule has 0 spiro atoms. The molecule has 29 heavy (non-hydrogen) atoms. The highest BCUT2D eigenvalue weighted by atomic mass is 16.7. The van der Waals surface area contributed by atoms with E-state index < -0.39 is 30.6 Å². The number of nitrogens with one attached hydrogen (secondary N) is 1. The number of carboxylic acid groups (broad SMARTS) is 1. The van der Waals surface area contributed by atoms with E-state index >= 15 is 0 Å². The highest BCUT2D eigenvalue weighted by Crippen LogP contribution is 2.28. The van der Waals surface area contributed by atoms with Crippen molar-refractivity contribution in [1.29, 1.82) is 0 Å². The minimum atomic E-state index is -1.17. The first kappa shape index (κ1) is 22.4. The summed E-state index contributed by atoms with van der Waals surface area (Å²) in [5, 5.41) is 21.6. The van der Waals surface area contributed by atoms with Gasteiger partial charge in [-0.1, -0.05) is 6.07 Å². The lowest BCUT2D eigenvalue weighted by Crippen LogP contribution is -2.42. The summed E-state index contributed by atoms with van der Waals surface area (Å²) in [5.41, 5.74) is 6.56. The molecule has 1 aliphatic heterocycles. The number of aliphatic carboxylic acids is 1. The van der Waals surface area contributed by atoms with E-state index in [1.807, 2.05) is 6.07 Å². The molecule has 10 heteroatoms. The van der Waals surface area contributed by atoms with E-state index in [-0.39, 0.29) is 19.4 Å². The number of benzene rings is 1. The van der Waals surface area contributed by atoms with Crippen molar-refractivity contribution in [2.45, 2.75) is 57.2 Å². The third-order valence-corrected chi connectivity index (χ3v) is 4.42. The molecule has 0 aromatic heterocycles. The van der Waals surface area contributed by atoms with Gasteiger partial charge in [-0.3, -0.25) is 4.79 Å². The van der Waals surface area contributed by atoms with Crippen molar-refractivity contribution >= 4 is 18.5 Å². The molecule has 2 rings (SSSR count). The number of hydrogen-bond donors (Lipinski definition) is 4. The number of ether oxygens (including phenoxy) is 3. The van der Waals surface area contributed by atoms with Gasteiger partial charge in [-0.05, 0) is 37.0 Å². The first-order valence-corrected chi connectivity index (χ1v) is 9.33. The van der Waals surface area contributed by atoms with Gasteiger partial charge < -0.3 is 35.5 Å². The maximum absolute atomic E-state index is 11.2. The summed E-state index contributed by atoms with van der Waals surface area (Å²) in [6, 6.07) is 5.32. The number of carbonyl (C=O) groups is 3. The van der Waals surface area contributed by atoms with E-state index in [4.69, 9.17) is 25.1 Å². The molecule has 2 amide bonds. The molecule has 5 N–H and O–H groups in total. The number of rotatable bonds is 11. The molecular formula is C19H26N2O8. The van der Waals surface area contributed by atoms with Gasteiger partial charge in [0.05, 0.1) is 6.10 Å². The topological polar surface area (TPSA) is 157 Å². The second-order valence-corrected chi connectivity index (χ2v) is 6.71. The Morgan fingerprint density at radius 2 is 2.10 bits per heavy atom. The van der Waals surface area contributed by atoms with Crippen LogP contribution in [-0.2, 0) is 32.1 Å². The van der Waals surface area contributed by atoms with E-state index in [9.17, 15) is 19.5 Å². The Balaban J connectivity index is 2.07. The van der Waals surface area contributed by atoms with Crippen LogP contribution in [0.25, 0.3) is 0 Å². The number of aliphatic hydroxyl groups excluding tert-OH is 1. The molecule has 0 aliphatic carbocycles. The van der Waals surface area contributed by atoms with E-state index in [0.29, 0.717) is 24.3 Å². The zero-order valence-electron chi connectivity index (χ0n) is 15.9. The van der Waals surface area contributed by atoms with Crippen LogP contribution in [0.1, 0.15) is 36.8 Å². The Labute approximate surface area is 167 Å². The molecule has 1 saturated heterocycles. The average Bonchev–Trinajstić information content (AvgIpc) is 2.67. The van der Waals surface area contributed by atoms with E-state index in [2.05, 4.69) is 5.32 Å². The van der Waals surface area contributed by atoms with Crippen LogP contribution in [0.4, 0.5) is 4.79 Å². The van der Waals surface area contributed by atoms with Crippen molar-refractivity contribution in [2.75, 3.05) is 6.54 Å². The van der Waals surface area contributed by atoms with Gasteiger partial charge in [-0.15, -0.1) is 0 Å². The lowest BCUT2D eigenvalue weighted by atomic mass is 10.0. The Kier molecular flexibility index (Phi) is 8.68. The van der Waals surface area contributed by atoms with Crippen LogP contribution in [0.3, 0.4) is 0 Å². The van der Waals surface area contributed by atoms with Gasteiger partial charge >= 0.3 is 12.1 Å². The van der Waals surface area contributed by atoms with Crippen molar-refractivity contribution < 1.29 is 38.8 Å².